The highest BCUT2D eigenvalue weighted by Crippen LogP contribution is 2.38. The minimum Gasteiger partial charge on any atom is -0.428 e. The summed E-state index contributed by atoms with van der Waals surface area (Å²) in [5.74, 6) is -0.486. The van der Waals surface area contributed by atoms with Crippen LogP contribution in [0.2, 0.25) is 5.02 Å². The lowest BCUT2D eigenvalue weighted by atomic mass is 9.80. The smallest absolute Gasteiger partial charge is 0.428 e. The molecule has 1 N–H and O–H groups in total. The van der Waals surface area contributed by atoms with Crippen molar-refractivity contribution in [3.05, 3.63) is 125 Å². The monoisotopic (exact) mass is 625 g/mol. The molecule has 44 heavy (non-hydrogen) atoms. The summed E-state index contributed by atoms with van der Waals surface area (Å²) < 4.78 is 58.6. The number of ether oxygens (including phenoxy) is 1. The average Bonchev–Trinajstić information content (AvgIpc) is 3.02. The third-order valence-corrected chi connectivity index (χ3v) is 8.05. The van der Waals surface area contributed by atoms with Gasteiger partial charge in [-0.15, -0.1) is 0 Å². The van der Waals surface area contributed by atoms with E-state index >= 15 is 0 Å². The molecule has 0 bridgehead atoms. The van der Waals surface area contributed by atoms with Crippen molar-refractivity contribution in [2.45, 2.75) is 62.6 Å². The van der Waals surface area contributed by atoms with Gasteiger partial charge < -0.3 is 10.1 Å². The predicted molar refractivity (Wildman–Crippen MR) is 163 cm³/mol. The SMILES string of the molecule is O=C(N[C@@](Cc1ccccc1)(c1cccc(OC(F)(F)C(F)F)c1)c1ccc(Cl)cn1)N(c1ccccc1)C1CCCCC1. The first-order chi connectivity index (χ1) is 21.2. The number of pyridine rings is 1. The molecule has 5 rings (SSSR count). The molecule has 0 unspecified atom stereocenters. The Hall–Kier alpha value is -4.11. The zero-order valence-electron chi connectivity index (χ0n) is 23.8. The van der Waals surface area contributed by atoms with Crippen LogP contribution < -0.4 is 15.0 Å². The summed E-state index contributed by atoms with van der Waals surface area (Å²) >= 11 is 6.20. The molecule has 1 saturated carbocycles. The van der Waals surface area contributed by atoms with Crippen molar-refractivity contribution >= 4 is 23.3 Å². The van der Waals surface area contributed by atoms with Gasteiger partial charge in [-0.3, -0.25) is 9.88 Å². The topological polar surface area (TPSA) is 54.5 Å². The molecule has 1 aliphatic carbocycles. The van der Waals surface area contributed by atoms with E-state index in [0.29, 0.717) is 22.0 Å². The second-order valence-corrected chi connectivity index (χ2v) is 11.3. The highest BCUT2D eigenvalue weighted by molar-refractivity contribution is 6.30. The molecule has 0 aliphatic heterocycles. The molecule has 230 valence electrons. The van der Waals surface area contributed by atoms with Crippen LogP contribution in [0.4, 0.5) is 28.0 Å². The lowest BCUT2D eigenvalue weighted by molar-refractivity contribution is -0.253. The fourth-order valence-corrected chi connectivity index (χ4v) is 5.85. The van der Waals surface area contributed by atoms with Crippen LogP contribution in [0.25, 0.3) is 0 Å². The third kappa shape index (κ3) is 7.16. The summed E-state index contributed by atoms with van der Waals surface area (Å²) in [4.78, 5) is 20.9. The fourth-order valence-electron chi connectivity index (χ4n) is 5.74. The maximum Gasteiger partial charge on any atom is 0.461 e. The zero-order chi connectivity index (χ0) is 31.2. The molecule has 1 aliphatic rings. The largest absolute Gasteiger partial charge is 0.461 e. The standard InChI is InChI=1S/C34H32ClF4N3O2/c35-26-19-20-30(40-23-26)33(22-24-11-4-1-5-12-24,25-13-10-18-29(21-25)44-34(38,39)31(36)37)41-32(43)42(27-14-6-2-7-15-27)28-16-8-3-9-17-28/h1-2,4-7,10-15,18-21,23,28,31H,3,8-9,16-17,22H2,(H,41,43)/t33-/m0/s1. The van der Waals surface area contributed by atoms with Crippen molar-refractivity contribution in [3.63, 3.8) is 0 Å². The second-order valence-electron chi connectivity index (χ2n) is 10.8. The van der Waals surface area contributed by atoms with Crippen LogP contribution in [-0.2, 0) is 12.0 Å². The number of carbonyl (C=O) groups excluding carboxylic acids is 1. The first kappa shape index (κ1) is 31.3. The molecule has 1 atom stereocenters. The van der Waals surface area contributed by atoms with Gasteiger partial charge in [-0.25, -0.2) is 4.79 Å². The Morgan fingerprint density at radius 1 is 0.932 bits per heavy atom. The quantitative estimate of drug-likeness (QED) is 0.179. The number of nitrogens with zero attached hydrogens (tertiary/aromatic N) is 2. The Balaban J connectivity index is 1.67. The van der Waals surface area contributed by atoms with Gasteiger partial charge in [0.1, 0.15) is 11.3 Å². The van der Waals surface area contributed by atoms with Gasteiger partial charge in [0.25, 0.3) is 0 Å². The Bertz CT molecular complexity index is 1520. The van der Waals surface area contributed by atoms with E-state index in [1.807, 2.05) is 60.7 Å². The Morgan fingerprint density at radius 3 is 2.25 bits per heavy atom. The Labute approximate surface area is 258 Å². The summed E-state index contributed by atoms with van der Waals surface area (Å²) in [7, 11) is 0. The molecule has 3 aromatic carbocycles. The molecular weight excluding hydrogens is 594 g/mol. The number of hydrogen-bond donors (Lipinski definition) is 1. The molecule has 5 nitrogen and oxygen atoms in total. The van der Waals surface area contributed by atoms with Gasteiger partial charge >= 0.3 is 18.6 Å². The van der Waals surface area contributed by atoms with Gasteiger partial charge in [-0.05, 0) is 60.4 Å². The van der Waals surface area contributed by atoms with Crippen molar-refractivity contribution in [1.29, 1.82) is 0 Å². The van der Waals surface area contributed by atoms with Crippen molar-refractivity contribution in [2.24, 2.45) is 0 Å². The Kier molecular flexibility index (Phi) is 9.74. The predicted octanol–water partition coefficient (Wildman–Crippen LogP) is 9.01. The summed E-state index contributed by atoms with van der Waals surface area (Å²) in [5.41, 5.74) is 0.739. The molecule has 0 radical (unpaired) electrons. The van der Waals surface area contributed by atoms with E-state index in [9.17, 15) is 22.4 Å². The molecular formula is C34H32ClF4N3O2. The second kappa shape index (κ2) is 13.7. The molecule has 4 aromatic rings. The van der Waals surface area contributed by atoms with E-state index in [1.165, 1.54) is 24.4 Å². The first-order valence-electron chi connectivity index (χ1n) is 14.5. The van der Waals surface area contributed by atoms with E-state index in [2.05, 4.69) is 15.0 Å². The minimum atomic E-state index is -4.71. The normalized spacial score (nSPS) is 15.4. The van der Waals surface area contributed by atoms with Crippen LogP contribution in [0.15, 0.2) is 103 Å². The van der Waals surface area contributed by atoms with Crippen LogP contribution in [0, 0.1) is 0 Å². The van der Waals surface area contributed by atoms with Crippen molar-refractivity contribution < 1.29 is 27.1 Å². The number of hydrogen-bond acceptors (Lipinski definition) is 3. The van der Waals surface area contributed by atoms with Gasteiger partial charge in [0.05, 0.1) is 10.7 Å². The number of amides is 2. The number of urea groups is 1. The molecule has 1 aromatic heterocycles. The number of carbonyl (C=O) groups is 1. The average molecular weight is 626 g/mol. The van der Waals surface area contributed by atoms with Crippen LogP contribution >= 0.6 is 11.6 Å². The number of benzene rings is 3. The van der Waals surface area contributed by atoms with Crippen molar-refractivity contribution in [3.8, 4) is 5.75 Å². The van der Waals surface area contributed by atoms with Crippen LogP contribution in [0.1, 0.15) is 48.9 Å². The highest BCUT2D eigenvalue weighted by atomic mass is 35.5. The van der Waals surface area contributed by atoms with E-state index < -0.39 is 29.9 Å². The lowest BCUT2D eigenvalue weighted by Crippen LogP contribution is -2.56. The van der Waals surface area contributed by atoms with Crippen LogP contribution in [-0.4, -0.2) is 29.6 Å². The van der Waals surface area contributed by atoms with Crippen LogP contribution in [0.3, 0.4) is 0 Å². The molecule has 1 heterocycles. The van der Waals surface area contributed by atoms with Gasteiger partial charge in [0, 0.05) is 24.3 Å². The number of nitrogens with one attached hydrogen (secondary N) is 1. The van der Waals surface area contributed by atoms with E-state index in [4.69, 9.17) is 11.6 Å². The zero-order valence-corrected chi connectivity index (χ0v) is 24.6. The minimum absolute atomic E-state index is 0.0712. The maximum atomic E-state index is 14.6. The summed E-state index contributed by atoms with van der Waals surface area (Å²) in [6.07, 6.45) is -2.48. The van der Waals surface area contributed by atoms with Gasteiger partial charge in [-0.1, -0.05) is 91.5 Å². The lowest BCUT2D eigenvalue weighted by Gasteiger charge is -2.40. The highest BCUT2D eigenvalue weighted by Gasteiger charge is 2.45. The van der Waals surface area contributed by atoms with E-state index in [0.717, 1.165) is 37.7 Å². The van der Waals surface area contributed by atoms with Crippen molar-refractivity contribution in [1.82, 2.24) is 10.3 Å². The van der Waals surface area contributed by atoms with E-state index in [1.54, 1.807) is 23.1 Å². The molecule has 2 amide bonds. The van der Waals surface area contributed by atoms with Gasteiger partial charge in [0.15, 0.2) is 0 Å². The number of aromatic nitrogens is 1. The maximum absolute atomic E-state index is 14.6. The summed E-state index contributed by atoms with van der Waals surface area (Å²) in [6.45, 7) is 0. The Morgan fingerprint density at radius 2 is 1.61 bits per heavy atom. The third-order valence-electron chi connectivity index (χ3n) is 7.82. The number of rotatable bonds is 10. The fraction of sp³-hybridized carbons (Fsp3) is 0.294. The summed E-state index contributed by atoms with van der Waals surface area (Å²) in [6, 6.07) is 26.9. The van der Waals surface area contributed by atoms with Gasteiger partial charge in [-0.2, -0.15) is 17.6 Å². The molecule has 1 fully saturated rings. The summed E-state index contributed by atoms with van der Waals surface area (Å²) in [5, 5.41) is 3.59. The van der Waals surface area contributed by atoms with Gasteiger partial charge in [0.2, 0.25) is 0 Å². The van der Waals surface area contributed by atoms with Crippen LogP contribution in [0.5, 0.6) is 5.75 Å². The number of halogens is 5. The first-order valence-corrected chi connectivity index (χ1v) is 14.8. The number of anilines is 1. The molecule has 10 heteroatoms. The number of para-hydroxylation sites is 1. The van der Waals surface area contributed by atoms with E-state index in [-0.39, 0.29) is 12.5 Å². The van der Waals surface area contributed by atoms with Crippen molar-refractivity contribution in [2.75, 3.05) is 4.90 Å². The number of alkyl halides is 4. The molecule has 0 spiro atoms. The molecule has 0 saturated heterocycles.